The van der Waals surface area contributed by atoms with E-state index in [9.17, 15) is 26.0 Å². The number of hydrogen-bond acceptors (Lipinski definition) is 3. The molecule has 0 atom stereocenters. The van der Waals surface area contributed by atoms with Crippen LogP contribution >= 0.6 is 0 Å². The molecule has 1 aromatic carbocycles. The smallest absolute Gasteiger partial charge is 0.399 e. The second kappa shape index (κ2) is 5.33. The van der Waals surface area contributed by atoms with Crippen molar-refractivity contribution >= 4 is 15.7 Å². The molecule has 0 aliphatic carbocycles. The van der Waals surface area contributed by atoms with E-state index in [2.05, 4.69) is 0 Å². The minimum absolute atomic E-state index is 0.0182. The zero-order chi connectivity index (χ0) is 14.8. The molecule has 0 radical (unpaired) electrons. The molecule has 0 amide bonds. The molecule has 0 saturated carbocycles. The largest absolute Gasteiger partial charge is 0.402 e. The molecule has 0 fully saturated rings. The van der Waals surface area contributed by atoms with Crippen molar-refractivity contribution in [3.63, 3.8) is 0 Å². The number of nitrogens with zero attached hydrogens (tertiary/aromatic N) is 1. The van der Waals surface area contributed by atoms with Crippen LogP contribution in [0.15, 0.2) is 23.1 Å². The van der Waals surface area contributed by atoms with Gasteiger partial charge in [-0.2, -0.15) is 17.5 Å². The van der Waals surface area contributed by atoms with Crippen LogP contribution in [0.1, 0.15) is 6.92 Å². The number of halogens is 4. The summed E-state index contributed by atoms with van der Waals surface area (Å²) in [5.74, 6) is -1.18. The van der Waals surface area contributed by atoms with Crippen molar-refractivity contribution in [2.24, 2.45) is 0 Å². The van der Waals surface area contributed by atoms with Crippen molar-refractivity contribution in [2.75, 3.05) is 18.8 Å². The van der Waals surface area contributed by atoms with Gasteiger partial charge in [0, 0.05) is 12.2 Å². The maximum Gasteiger partial charge on any atom is 0.402 e. The van der Waals surface area contributed by atoms with Crippen LogP contribution in [-0.4, -0.2) is 32.0 Å². The van der Waals surface area contributed by atoms with Crippen LogP contribution in [0.3, 0.4) is 0 Å². The Hall–Kier alpha value is -1.35. The van der Waals surface area contributed by atoms with Crippen molar-refractivity contribution in [1.82, 2.24) is 4.31 Å². The summed E-state index contributed by atoms with van der Waals surface area (Å²) in [6.07, 6.45) is -4.70. The molecule has 0 aliphatic rings. The predicted octanol–water partition coefficient (Wildman–Crippen LogP) is 1.98. The van der Waals surface area contributed by atoms with Gasteiger partial charge in [-0.25, -0.2) is 12.8 Å². The molecule has 108 valence electrons. The second-order valence-corrected chi connectivity index (χ2v) is 5.64. The van der Waals surface area contributed by atoms with Gasteiger partial charge >= 0.3 is 6.18 Å². The quantitative estimate of drug-likeness (QED) is 0.683. The van der Waals surface area contributed by atoms with Gasteiger partial charge in [0.05, 0.1) is 0 Å². The Morgan fingerprint density at radius 3 is 2.32 bits per heavy atom. The van der Waals surface area contributed by atoms with E-state index < -0.39 is 40.0 Å². The first-order valence-electron chi connectivity index (χ1n) is 5.20. The van der Waals surface area contributed by atoms with E-state index in [4.69, 9.17) is 5.73 Å². The van der Waals surface area contributed by atoms with Crippen LogP contribution in [0.2, 0.25) is 0 Å². The summed E-state index contributed by atoms with van der Waals surface area (Å²) in [4.78, 5) is -0.826. The van der Waals surface area contributed by atoms with Crippen molar-refractivity contribution in [1.29, 1.82) is 0 Å². The molecule has 0 saturated heterocycles. The number of nitrogens with two attached hydrogens (primary N) is 1. The summed E-state index contributed by atoms with van der Waals surface area (Å²) in [6, 6.07) is 2.70. The molecule has 0 aromatic heterocycles. The van der Waals surface area contributed by atoms with Gasteiger partial charge in [-0.15, -0.1) is 0 Å². The van der Waals surface area contributed by atoms with Crippen LogP contribution in [0.25, 0.3) is 0 Å². The van der Waals surface area contributed by atoms with E-state index in [-0.39, 0.29) is 9.99 Å². The van der Waals surface area contributed by atoms with E-state index in [1.165, 1.54) is 6.92 Å². The predicted molar refractivity (Wildman–Crippen MR) is 61.3 cm³/mol. The SMILES string of the molecule is CCN(CC(F)(F)F)S(=O)(=O)c1ccc(N)cc1F. The van der Waals surface area contributed by atoms with E-state index in [0.717, 1.165) is 18.2 Å². The van der Waals surface area contributed by atoms with E-state index in [0.29, 0.717) is 0 Å². The van der Waals surface area contributed by atoms with Gasteiger partial charge in [0.25, 0.3) is 0 Å². The fraction of sp³-hybridized carbons (Fsp3) is 0.400. The number of hydrogen-bond donors (Lipinski definition) is 1. The molecule has 4 nitrogen and oxygen atoms in total. The summed E-state index contributed by atoms with van der Waals surface area (Å²) in [5.41, 5.74) is 5.23. The summed E-state index contributed by atoms with van der Waals surface area (Å²) in [6.45, 7) is -0.861. The number of sulfonamides is 1. The minimum Gasteiger partial charge on any atom is -0.399 e. The molecule has 1 aromatic rings. The van der Waals surface area contributed by atoms with Gasteiger partial charge in [0.15, 0.2) is 0 Å². The topological polar surface area (TPSA) is 63.4 Å². The number of anilines is 1. The lowest BCUT2D eigenvalue weighted by Crippen LogP contribution is -2.39. The third-order valence-corrected chi connectivity index (χ3v) is 4.24. The summed E-state index contributed by atoms with van der Waals surface area (Å²) in [5, 5.41) is 0. The Labute approximate surface area is 107 Å². The van der Waals surface area contributed by atoms with E-state index >= 15 is 0 Å². The maximum absolute atomic E-state index is 13.5. The Balaban J connectivity index is 3.21. The van der Waals surface area contributed by atoms with Crippen molar-refractivity contribution < 1.29 is 26.0 Å². The maximum atomic E-state index is 13.5. The third-order valence-electron chi connectivity index (χ3n) is 2.28. The van der Waals surface area contributed by atoms with Gasteiger partial charge < -0.3 is 5.73 Å². The first kappa shape index (κ1) is 15.7. The fourth-order valence-electron chi connectivity index (χ4n) is 1.43. The summed E-state index contributed by atoms with van der Waals surface area (Å²) >= 11 is 0. The molecule has 0 heterocycles. The molecule has 1 rings (SSSR count). The standard InChI is InChI=1S/C10H12F4N2O2S/c1-2-16(6-10(12,13)14)19(17,18)9-4-3-7(15)5-8(9)11/h3-5H,2,6,15H2,1H3. The third kappa shape index (κ3) is 3.80. The first-order valence-corrected chi connectivity index (χ1v) is 6.64. The molecule has 2 N–H and O–H groups in total. The number of alkyl halides is 3. The lowest BCUT2D eigenvalue weighted by molar-refractivity contribution is -0.135. The van der Waals surface area contributed by atoms with Crippen LogP contribution in [0, 0.1) is 5.82 Å². The summed E-state index contributed by atoms with van der Waals surface area (Å²) < 4.78 is 74.4. The highest BCUT2D eigenvalue weighted by atomic mass is 32.2. The average Bonchev–Trinajstić information content (AvgIpc) is 2.23. The average molecular weight is 300 g/mol. The fourth-order valence-corrected chi connectivity index (χ4v) is 2.91. The molecular weight excluding hydrogens is 288 g/mol. The van der Waals surface area contributed by atoms with Gasteiger partial charge in [-0.3, -0.25) is 0 Å². The molecule has 19 heavy (non-hydrogen) atoms. The molecule has 0 unspecified atom stereocenters. The zero-order valence-corrected chi connectivity index (χ0v) is 10.7. The lowest BCUT2D eigenvalue weighted by atomic mass is 10.3. The normalized spacial score (nSPS) is 12.9. The van der Waals surface area contributed by atoms with Crippen molar-refractivity contribution in [2.45, 2.75) is 18.0 Å². The van der Waals surface area contributed by atoms with Crippen LogP contribution < -0.4 is 5.73 Å². The highest BCUT2D eigenvalue weighted by molar-refractivity contribution is 7.89. The Morgan fingerprint density at radius 1 is 1.32 bits per heavy atom. The van der Waals surface area contributed by atoms with Gasteiger partial charge in [-0.1, -0.05) is 6.92 Å². The van der Waals surface area contributed by atoms with Gasteiger partial charge in [0.1, 0.15) is 17.3 Å². The summed E-state index contributed by atoms with van der Waals surface area (Å²) in [7, 11) is -4.55. The minimum atomic E-state index is -4.70. The van der Waals surface area contributed by atoms with E-state index in [1.807, 2.05) is 0 Å². The van der Waals surface area contributed by atoms with Crippen LogP contribution in [0.5, 0.6) is 0 Å². The Bertz CT molecular complexity index is 557. The zero-order valence-electron chi connectivity index (χ0n) is 9.91. The highest BCUT2D eigenvalue weighted by Gasteiger charge is 2.37. The van der Waals surface area contributed by atoms with Gasteiger partial charge in [-0.05, 0) is 18.2 Å². The Morgan fingerprint density at radius 2 is 1.89 bits per heavy atom. The van der Waals surface area contributed by atoms with Crippen molar-refractivity contribution in [3.05, 3.63) is 24.0 Å². The monoisotopic (exact) mass is 300 g/mol. The number of nitrogen functional groups attached to an aromatic ring is 1. The highest BCUT2D eigenvalue weighted by Crippen LogP contribution is 2.25. The van der Waals surface area contributed by atoms with E-state index in [1.54, 1.807) is 0 Å². The molecule has 0 bridgehead atoms. The second-order valence-electron chi connectivity index (χ2n) is 3.74. The van der Waals surface area contributed by atoms with Gasteiger partial charge in [0.2, 0.25) is 10.0 Å². The lowest BCUT2D eigenvalue weighted by Gasteiger charge is -2.22. The van der Waals surface area contributed by atoms with Crippen LogP contribution in [0.4, 0.5) is 23.2 Å². The Kier molecular flexibility index (Phi) is 4.41. The van der Waals surface area contributed by atoms with Crippen LogP contribution in [-0.2, 0) is 10.0 Å². The molecule has 9 heteroatoms. The molecular formula is C10H12F4N2O2S. The van der Waals surface area contributed by atoms with Crippen molar-refractivity contribution in [3.8, 4) is 0 Å². The number of benzene rings is 1. The first-order chi connectivity index (χ1) is 8.58. The molecule has 0 aliphatic heterocycles. The molecule has 0 spiro atoms. The number of rotatable bonds is 4.